The highest BCUT2D eigenvalue weighted by Crippen LogP contribution is 2.39. The molecule has 1 aromatic heterocycles. The molecule has 0 aromatic carbocycles. The third-order valence-corrected chi connectivity index (χ3v) is 5.68. The van der Waals surface area contributed by atoms with E-state index in [0.29, 0.717) is 11.3 Å². The van der Waals surface area contributed by atoms with Crippen LogP contribution in [-0.4, -0.2) is 42.7 Å². The van der Waals surface area contributed by atoms with Crippen LogP contribution in [0.15, 0.2) is 5.38 Å². The molecule has 0 amide bonds. The Balaban J connectivity index is 1.49. The Hall–Kier alpha value is -0.160. The Morgan fingerprint density at radius 3 is 2.95 bits per heavy atom. The minimum absolute atomic E-state index is 0.531. The molecule has 5 heteroatoms. The van der Waals surface area contributed by atoms with Gasteiger partial charge in [-0.15, -0.1) is 22.9 Å². The lowest BCUT2D eigenvalue weighted by Gasteiger charge is -2.33. The zero-order valence-corrected chi connectivity index (χ0v) is 12.8. The van der Waals surface area contributed by atoms with Crippen molar-refractivity contribution in [2.75, 3.05) is 32.8 Å². The number of ether oxygens (including phenoxy) is 1. The number of alkyl halides is 1. The van der Waals surface area contributed by atoms with Crippen LogP contribution in [0.2, 0.25) is 0 Å². The van der Waals surface area contributed by atoms with E-state index in [4.69, 9.17) is 16.3 Å². The molecule has 3 heterocycles. The number of nitrogens with zero attached hydrogens (tertiary/aromatic N) is 2. The molecule has 2 fully saturated rings. The van der Waals surface area contributed by atoms with E-state index in [-0.39, 0.29) is 0 Å². The van der Waals surface area contributed by atoms with E-state index in [9.17, 15) is 0 Å². The molecule has 2 saturated heterocycles. The van der Waals surface area contributed by atoms with Gasteiger partial charge in [0.25, 0.3) is 0 Å². The number of rotatable bonds is 4. The first-order valence-electron chi connectivity index (χ1n) is 7.09. The van der Waals surface area contributed by atoms with Crippen LogP contribution in [0.3, 0.4) is 0 Å². The Morgan fingerprint density at radius 2 is 2.21 bits per heavy atom. The van der Waals surface area contributed by atoms with Crippen LogP contribution in [0.4, 0.5) is 0 Å². The molecule has 3 nitrogen and oxygen atoms in total. The van der Waals surface area contributed by atoms with Gasteiger partial charge >= 0.3 is 0 Å². The lowest BCUT2D eigenvalue weighted by atomic mass is 9.80. The summed E-state index contributed by atoms with van der Waals surface area (Å²) in [4.78, 5) is 7.14. The standard InChI is InChI=1S/C14H21ClN2OS/c15-9-12-10-19-13(16-12)1-5-17-6-2-14(11-17)3-7-18-8-4-14/h10H,1-9,11H2. The first-order valence-corrected chi connectivity index (χ1v) is 8.50. The van der Waals surface area contributed by atoms with Crippen LogP contribution in [0, 0.1) is 5.41 Å². The van der Waals surface area contributed by atoms with Gasteiger partial charge in [-0.2, -0.15) is 0 Å². The molecule has 2 aliphatic rings. The first-order chi connectivity index (χ1) is 9.30. The van der Waals surface area contributed by atoms with Crippen molar-refractivity contribution in [3.05, 3.63) is 16.1 Å². The summed E-state index contributed by atoms with van der Waals surface area (Å²) in [5, 5.41) is 3.30. The minimum atomic E-state index is 0.531. The summed E-state index contributed by atoms with van der Waals surface area (Å²) < 4.78 is 5.50. The molecule has 0 aliphatic carbocycles. The fraction of sp³-hybridized carbons (Fsp3) is 0.786. The first kappa shape index (κ1) is 13.8. The second kappa shape index (κ2) is 6.08. The van der Waals surface area contributed by atoms with Crippen molar-refractivity contribution < 1.29 is 4.74 Å². The Labute approximate surface area is 123 Å². The molecule has 2 aliphatic heterocycles. The molecule has 0 bridgehead atoms. The van der Waals surface area contributed by atoms with Crippen molar-refractivity contribution in [3.63, 3.8) is 0 Å². The monoisotopic (exact) mass is 300 g/mol. The maximum Gasteiger partial charge on any atom is 0.0941 e. The van der Waals surface area contributed by atoms with E-state index in [1.54, 1.807) is 11.3 Å². The van der Waals surface area contributed by atoms with E-state index in [1.165, 1.54) is 37.4 Å². The van der Waals surface area contributed by atoms with Gasteiger partial charge in [-0.25, -0.2) is 4.98 Å². The summed E-state index contributed by atoms with van der Waals surface area (Å²) in [6, 6.07) is 0. The summed E-state index contributed by atoms with van der Waals surface area (Å²) in [5.41, 5.74) is 1.58. The molecule has 0 N–H and O–H groups in total. The van der Waals surface area contributed by atoms with E-state index in [0.717, 1.165) is 31.9 Å². The van der Waals surface area contributed by atoms with Crippen molar-refractivity contribution in [1.82, 2.24) is 9.88 Å². The van der Waals surface area contributed by atoms with Gasteiger partial charge in [0.15, 0.2) is 0 Å². The molecule has 106 valence electrons. The number of thiazole rings is 1. The van der Waals surface area contributed by atoms with E-state index >= 15 is 0 Å². The molecular weight excluding hydrogens is 280 g/mol. The summed E-state index contributed by atoms with van der Waals surface area (Å²) in [5.74, 6) is 0.531. The van der Waals surface area contributed by atoms with E-state index < -0.39 is 0 Å². The average molecular weight is 301 g/mol. The second-order valence-electron chi connectivity index (χ2n) is 5.75. The SMILES string of the molecule is ClCc1csc(CCN2CCC3(CCOCC3)C2)n1. The van der Waals surface area contributed by atoms with Crippen molar-refractivity contribution in [3.8, 4) is 0 Å². The molecule has 0 radical (unpaired) electrons. The van der Waals surface area contributed by atoms with Crippen LogP contribution >= 0.6 is 22.9 Å². The maximum absolute atomic E-state index is 5.79. The number of halogens is 1. The van der Waals surface area contributed by atoms with Gasteiger partial charge < -0.3 is 9.64 Å². The summed E-state index contributed by atoms with van der Waals surface area (Å²) in [6.45, 7) is 5.55. The van der Waals surface area contributed by atoms with Crippen LogP contribution in [0.5, 0.6) is 0 Å². The molecule has 19 heavy (non-hydrogen) atoms. The van der Waals surface area contributed by atoms with Gasteiger partial charge in [-0.05, 0) is 31.2 Å². The summed E-state index contributed by atoms with van der Waals surface area (Å²) in [6.07, 6.45) is 4.91. The van der Waals surface area contributed by atoms with Gasteiger partial charge in [-0.1, -0.05) is 0 Å². The Kier molecular flexibility index (Phi) is 4.42. The van der Waals surface area contributed by atoms with Crippen molar-refractivity contribution in [1.29, 1.82) is 0 Å². The molecule has 3 rings (SSSR count). The zero-order chi connectivity index (χ0) is 13.1. The highest BCUT2D eigenvalue weighted by atomic mass is 35.5. The minimum Gasteiger partial charge on any atom is -0.381 e. The molecule has 0 unspecified atom stereocenters. The lowest BCUT2D eigenvalue weighted by Crippen LogP contribution is -2.33. The topological polar surface area (TPSA) is 25.4 Å². The third kappa shape index (κ3) is 3.30. The van der Waals surface area contributed by atoms with Crippen LogP contribution in [0.1, 0.15) is 30.0 Å². The Morgan fingerprint density at radius 1 is 1.37 bits per heavy atom. The van der Waals surface area contributed by atoms with Crippen molar-refractivity contribution in [2.24, 2.45) is 5.41 Å². The predicted octanol–water partition coefficient (Wildman–Crippen LogP) is 2.93. The fourth-order valence-electron chi connectivity index (χ4n) is 3.21. The number of hydrogen-bond acceptors (Lipinski definition) is 4. The number of aromatic nitrogens is 1. The largest absolute Gasteiger partial charge is 0.381 e. The molecule has 0 atom stereocenters. The zero-order valence-electron chi connectivity index (χ0n) is 11.2. The summed E-state index contributed by atoms with van der Waals surface area (Å²) in [7, 11) is 0. The van der Waals surface area contributed by atoms with E-state index in [2.05, 4.69) is 15.3 Å². The normalized spacial score (nSPS) is 23.2. The fourth-order valence-corrected chi connectivity index (χ4v) is 4.23. The average Bonchev–Trinajstić information content (AvgIpc) is 3.05. The lowest BCUT2D eigenvalue weighted by molar-refractivity contribution is 0.0194. The highest BCUT2D eigenvalue weighted by molar-refractivity contribution is 7.09. The van der Waals surface area contributed by atoms with Gasteiger partial charge in [-0.3, -0.25) is 0 Å². The maximum atomic E-state index is 5.79. The van der Waals surface area contributed by atoms with Crippen molar-refractivity contribution in [2.45, 2.75) is 31.6 Å². The predicted molar refractivity (Wildman–Crippen MR) is 78.9 cm³/mol. The van der Waals surface area contributed by atoms with Gasteiger partial charge in [0.1, 0.15) is 0 Å². The van der Waals surface area contributed by atoms with Crippen LogP contribution in [-0.2, 0) is 17.0 Å². The Bertz CT molecular complexity index is 417. The number of likely N-dealkylation sites (tertiary alicyclic amines) is 1. The molecule has 1 aromatic rings. The number of hydrogen-bond donors (Lipinski definition) is 0. The smallest absolute Gasteiger partial charge is 0.0941 e. The van der Waals surface area contributed by atoms with Crippen LogP contribution < -0.4 is 0 Å². The second-order valence-corrected chi connectivity index (χ2v) is 6.96. The van der Waals surface area contributed by atoms with Crippen LogP contribution in [0.25, 0.3) is 0 Å². The third-order valence-electron chi connectivity index (χ3n) is 4.45. The van der Waals surface area contributed by atoms with Gasteiger partial charge in [0, 0.05) is 38.1 Å². The van der Waals surface area contributed by atoms with Gasteiger partial charge in [0.05, 0.1) is 16.6 Å². The molecule has 1 spiro atoms. The van der Waals surface area contributed by atoms with E-state index in [1.807, 2.05) is 0 Å². The molecule has 0 saturated carbocycles. The quantitative estimate of drug-likeness (QED) is 0.800. The van der Waals surface area contributed by atoms with Crippen molar-refractivity contribution >= 4 is 22.9 Å². The highest BCUT2D eigenvalue weighted by Gasteiger charge is 2.38. The summed E-state index contributed by atoms with van der Waals surface area (Å²) >= 11 is 7.53. The molecular formula is C14H21ClN2OS. The van der Waals surface area contributed by atoms with Gasteiger partial charge in [0.2, 0.25) is 0 Å².